The van der Waals surface area contributed by atoms with E-state index in [1.807, 2.05) is 0 Å². The third-order valence-electron chi connectivity index (χ3n) is 1.44. The van der Waals surface area contributed by atoms with Crippen molar-refractivity contribution >= 4 is 0 Å². The van der Waals surface area contributed by atoms with Gasteiger partial charge in [0.2, 0.25) is 0 Å². The summed E-state index contributed by atoms with van der Waals surface area (Å²) in [5.41, 5.74) is 0.243. The number of aryl methyl sites for hydroxylation is 1. The van der Waals surface area contributed by atoms with Crippen LogP contribution in [-0.4, -0.2) is 5.11 Å². The van der Waals surface area contributed by atoms with E-state index in [1.165, 1.54) is 12.1 Å². The average molecular weight is 158 g/mol. The summed E-state index contributed by atoms with van der Waals surface area (Å²) >= 11 is 0. The molecule has 1 aromatic rings. The second kappa shape index (κ2) is 2.96. The molecule has 1 rings (SSSR count). The minimum atomic E-state index is -0.690. The molecule has 1 nitrogen and oxygen atoms in total. The Kier molecular flexibility index (Phi) is 2.19. The molecular weight excluding hydrogens is 150 g/mol. The van der Waals surface area contributed by atoms with Crippen molar-refractivity contribution in [3.63, 3.8) is 0 Å². The summed E-state index contributed by atoms with van der Waals surface area (Å²) in [6.07, 6.45) is 0. The molecule has 0 heterocycles. The van der Waals surface area contributed by atoms with Gasteiger partial charge in [0.05, 0.1) is 6.61 Å². The zero-order valence-corrected chi connectivity index (χ0v) is 6.06. The van der Waals surface area contributed by atoms with Crippen LogP contribution in [0.5, 0.6) is 0 Å². The Morgan fingerprint density at radius 3 is 2.09 bits per heavy atom. The van der Waals surface area contributed by atoms with Crippen LogP contribution in [0.3, 0.4) is 0 Å². The molecule has 1 N–H and O–H groups in total. The quantitative estimate of drug-likeness (QED) is 0.660. The lowest BCUT2D eigenvalue weighted by molar-refractivity contribution is 0.269. The molecule has 0 saturated carbocycles. The zero-order chi connectivity index (χ0) is 8.43. The van der Waals surface area contributed by atoms with E-state index < -0.39 is 18.2 Å². The van der Waals surface area contributed by atoms with Crippen LogP contribution in [-0.2, 0) is 6.61 Å². The molecule has 11 heavy (non-hydrogen) atoms. The van der Waals surface area contributed by atoms with Gasteiger partial charge in [-0.2, -0.15) is 0 Å². The van der Waals surface area contributed by atoms with E-state index >= 15 is 0 Å². The Balaban J connectivity index is 3.25. The van der Waals surface area contributed by atoms with Gasteiger partial charge in [-0.3, -0.25) is 0 Å². The van der Waals surface area contributed by atoms with E-state index in [-0.39, 0.29) is 5.56 Å². The number of halogens is 2. The normalized spacial score (nSPS) is 10.2. The van der Waals surface area contributed by atoms with Crippen molar-refractivity contribution in [3.05, 3.63) is 34.9 Å². The Morgan fingerprint density at radius 2 is 1.73 bits per heavy atom. The van der Waals surface area contributed by atoms with Crippen LogP contribution < -0.4 is 0 Å². The molecule has 0 aliphatic rings. The van der Waals surface area contributed by atoms with Crippen molar-refractivity contribution in [1.29, 1.82) is 0 Å². The average Bonchev–Trinajstić information content (AvgIpc) is 1.85. The van der Waals surface area contributed by atoms with Crippen molar-refractivity contribution in [1.82, 2.24) is 0 Å². The van der Waals surface area contributed by atoms with Crippen LogP contribution in [0.2, 0.25) is 0 Å². The van der Waals surface area contributed by atoms with Crippen LogP contribution >= 0.6 is 0 Å². The Bertz CT molecular complexity index is 248. The Labute approximate surface area is 63.3 Å². The summed E-state index contributed by atoms with van der Waals surface area (Å²) in [5.74, 6) is -1.38. The lowest BCUT2D eigenvalue weighted by Crippen LogP contribution is -1.95. The lowest BCUT2D eigenvalue weighted by Gasteiger charge is -2.01. The molecule has 0 amide bonds. The molecule has 60 valence electrons. The van der Waals surface area contributed by atoms with Crippen molar-refractivity contribution in [2.75, 3.05) is 0 Å². The van der Waals surface area contributed by atoms with Gasteiger partial charge in [-0.05, 0) is 24.6 Å². The van der Waals surface area contributed by atoms with Gasteiger partial charge >= 0.3 is 0 Å². The number of aliphatic hydroxyl groups excluding tert-OH is 1. The van der Waals surface area contributed by atoms with Crippen molar-refractivity contribution in [2.45, 2.75) is 13.5 Å². The molecule has 0 fully saturated rings. The monoisotopic (exact) mass is 158 g/mol. The molecule has 0 aliphatic carbocycles. The molecule has 1 aromatic carbocycles. The maximum absolute atomic E-state index is 12.7. The molecule has 3 heteroatoms. The van der Waals surface area contributed by atoms with E-state index in [4.69, 9.17) is 5.11 Å². The van der Waals surface area contributed by atoms with Gasteiger partial charge < -0.3 is 5.11 Å². The first kappa shape index (κ1) is 8.14. The van der Waals surface area contributed by atoms with Crippen LogP contribution in [0.4, 0.5) is 8.78 Å². The van der Waals surface area contributed by atoms with E-state index in [0.717, 1.165) is 0 Å². The van der Waals surface area contributed by atoms with E-state index in [9.17, 15) is 8.78 Å². The predicted molar refractivity (Wildman–Crippen MR) is 37.0 cm³/mol. The Morgan fingerprint density at radius 1 is 1.27 bits per heavy atom. The molecule has 0 saturated heterocycles. The van der Waals surface area contributed by atoms with Gasteiger partial charge in [-0.25, -0.2) is 8.78 Å². The number of aliphatic hydroxyl groups is 1. The highest BCUT2D eigenvalue weighted by Gasteiger charge is 2.07. The topological polar surface area (TPSA) is 20.2 Å². The van der Waals surface area contributed by atoms with Crippen LogP contribution in [0.1, 0.15) is 11.1 Å². The maximum atomic E-state index is 12.7. The summed E-state index contributed by atoms with van der Waals surface area (Å²) < 4.78 is 25.4. The summed E-state index contributed by atoms with van der Waals surface area (Å²) in [4.78, 5) is 0. The summed E-state index contributed by atoms with van der Waals surface area (Å²) in [6, 6.07) is 2.38. The predicted octanol–water partition coefficient (Wildman–Crippen LogP) is 1.77. The number of benzene rings is 1. The zero-order valence-electron chi connectivity index (χ0n) is 6.06. The Hall–Kier alpha value is -0.960. The molecule has 0 aromatic heterocycles. The van der Waals surface area contributed by atoms with Gasteiger partial charge in [0.25, 0.3) is 0 Å². The minimum absolute atomic E-state index is 0.268. The molecule has 0 bridgehead atoms. The summed E-state index contributed by atoms with van der Waals surface area (Å²) in [6.45, 7) is 0.991. The fourth-order valence-corrected chi connectivity index (χ4v) is 0.881. The number of rotatable bonds is 1. The molecular formula is C8H8F2O. The van der Waals surface area contributed by atoms with E-state index in [2.05, 4.69) is 0 Å². The highest BCUT2D eigenvalue weighted by molar-refractivity contribution is 5.24. The summed E-state index contributed by atoms with van der Waals surface area (Å²) in [5, 5.41) is 8.51. The van der Waals surface area contributed by atoms with Crippen molar-refractivity contribution in [2.24, 2.45) is 0 Å². The molecule has 0 atom stereocenters. The molecule has 0 aliphatic heterocycles. The van der Waals surface area contributed by atoms with Gasteiger partial charge in [-0.1, -0.05) is 0 Å². The van der Waals surface area contributed by atoms with Crippen LogP contribution in [0.15, 0.2) is 12.1 Å². The summed E-state index contributed by atoms with van der Waals surface area (Å²) in [7, 11) is 0. The standard InChI is InChI=1S/C8H8F2O/c1-5-2-7(9)6(4-11)8(10)3-5/h2-3,11H,4H2,1H3. The first-order valence-electron chi connectivity index (χ1n) is 3.20. The second-order valence-electron chi connectivity index (χ2n) is 2.37. The number of hydrogen-bond donors (Lipinski definition) is 1. The minimum Gasteiger partial charge on any atom is -0.391 e. The maximum Gasteiger partial charge on any atom is 0.131 e. The third-order valence-corrected chi connectivity index (χ3v) is 1.44. The van der Waals surface area contributed by atoms with Crippen LogP contribution in [0, 0.1) is 18.6 Å². The first-order valence-corrected chi connectivity index (χ1v) is 3.20. The smallest absolute Gasteiger partial charge is 0.131 e. The van der Waals surface area contributed by atoms with Crippen molar-refractivity contribution in [3.8, 4) is 0 Å². The van der Waals surface area contributed by atoms with E-state index in [0.29, 0.717) is 5.56 Å². The third kappa shape index (κ3) is 1.54. The first-order chi connectivity index (χ1) is 5.15. The lowest BCUT2D eigenvalue weighted by atomic mass is 10.1. The fraction of sp³-hybridized carbons (Fsp3) is 0.250. The van der Waals surface area contributed by atoms with Crippen LogP contribution in [0.25, 0.3) is 0 Å². The van der Waals surface area contributed by atoms with Gasteiger partial charge in [0.15, 0.2) is 0 Å². The highest BCUT2D eigenvalue weighted by Crippen LogP contribution is 2.14. The SMILES string of the molecule is Cc1cc(F)c(CO)c(F)c1. The number of hydrogen-bond acceptors (Lipinski definition) is 1. The largest absolute Gasteiger partial charge is 0.391 e. The van der Waals surface area contributed by atoms with E-state index in [1.54, 1.807) is 6.92 Å². The molecule has 0 unspecified atom stereocenters. The van der Waals surface area contributed by atoms with Crippen molar-refractivity contribution < 1.29 is 13.9 Å². The second-order valence-corrected chi connectivity index (χ2v) is 2.37. The molecule has 0 spiro atoms. The van der Waals surface area contributed by atoms with Gasteiger partial charge in [-0.15, -0.1) is 0 Å². The highest BCUT2D eigenvalue weighted by atomic mass is 19.1. The van der Waals surface area contributed by atoms with Gasteiger partial charge in [0.1, 0.15) is 11.6 Å². The fourth-order valence-electron chi connectivity index (χ4n) is 0.881. The molecule has 0 radical (unpaired) electrons. The van der Waals surface area contributed by atoms with Gasteiger partial charge in [0, 0.05) is 5.56 Å².